The summed E-state index contributed by atoms with van der Waals surface area (Å²) in [6.45, 7) is 11.2. The van der Waals surface area contributed by atoms with Crippen molar-refractivity contribution in [2.45, 2.75) is 43.7 Å². The molecule has 35 heavy (non-hydrogen) atoms. The lowest BCUT2D eigenvalue weighted by atomic mass is 10.3. The summed E-state index contributed by atoms with van der Waals surface area (Å²) in [5.74, 6) is 2.71. The van der Waals surface area contributed by atoms with Gasteiger partial charge >= 0.3 is 0 Å². The molecule has 1 aliphatic heterocycles. The van der Waals surface area contributed by atoms with Gasteiger partial charge in [0.25, 0.3) is 0 Å². The highest BCUT2D eigenvalue weighted by molar-refractivity contribution is 7.99. The van der Waals surface area contributed by atoms with Gasteiger partial charge in [-0.3, -0.25) is 9.89 Å². The van der Waals surface area contributed by atoms with Crippen molar-refractivity contribution in [1.82, 2.24) is 25.1 Å². The molecule has 3 aromatic rings. The number of likely N-dealkylation sites (N-methyl/N-ethyl adjacent to an activating group) is 1. The number of carbonyl (C=O) groups excluding carboxylic acids is 1. The van der Waals surface area contributed by atoms with Crippen molar-refractivity contribution in [2.75, 3.05) is 48.3 Å². The molecule has 0 atom stereocenters. The molecule has 9 nitrogen and oxygen atoms in total. The van der Waals surface area contributed by atoms with Crippen LogP contribution in [0.4, 0.5) is 23.1 Å². The molecule has 0 unspecified atom stereocenters. The van der Waals surface area contributed by atoms with Crippen LogP contribution in [0.3, 0.4) is 0 Å². The minimum Gasteiger partial charge on any atom is -0.354 e. The lowest BCUT2D eigenvalue weighted by Crippen LogP contribution is -2.46. The van der Waals surface area contributed by atoms with Gasteiger partial charge in [-0.15, -0.1) is 0 Å². The quantitative estimate of drug-likeness (QED) is 0.402. The van der Waals surface area contributed by atoms with E-state index in [2.05, 4.69) is 37.6 Å². The Bertz CT molecular complexity index is 1180. The number of nitrogens with one attached hydrogen (secondary N) is 3. The molecule has 1 amide bonds. The largest absolute Gasteiger partial charge is 0.354 e. The van der Waals surface area contributed by atoms with Crippen LogP contribution in [0.1, 0.15) is 31.0 Å². The molecule has 184 valence electrons. The third kappa shape index (κ3) is 5.76. The fraction of sp³-hybridized carbons (Fsp3) is 0.440. The number of rotatable bonds is 8. The van der Waals surface area contributed by atoms with E-state index in [1.807, 2.05) is 44.2 Å². The molecule has 10 heteroatoms. The summed E-state index contributed by atoms with van der Waals surface area (Å²) in [4.78, 5) is 27.5. The third-order valence-corrected chi connectivity index (χ3v) is 7.49. The van der Waals surface area contributed by atoms with E-state index in [1.165, 1.54) is 11.8 Å². The van der Waals surface area contributed by atoms with Crippen molar-refractivity contribution in [3.63, 3.8) is 0 Å². The lowest BCUT2D eigenvalue weighted by molar-refractivity contribution is -0.117. The second kappa shape index (κ2) is 10.2. The van der Waals surface area contributed by atoms with Gasteiger partial charge in [0.2, 0.25) is 5.91 Å². The molecular formula is C25H32N8OS. The van der Waals surface area contributed by atoms with Crippen LogP contribution in [0, 0.1) is 19.8 Å². The number of aromatic nitrogens is 4. The minimum atomic E-state index is 0.115. The van der Waals surface area contributed by atoms with Gasteiger partial charge in [-0.2, -0.15) is 5.10 Å². The number of aromatic amines is 1. The molecule has 0 spiro atoms. The van der Waals surface area contributed by atoms with Gasteiger partial charge in [-0.1, -0.05) is 6.92 Å². The van der Waals surface area contributed by atoms with Gasteiger partial charge in [0.1, 0.15) is 11.6 Å². The monoisotopic (exact) mass is 492 g/mol. The number of aryl methyl sites for hydroxylation is 1. The summed E-state index contributed by atoms with van der Waals surface area (Å²) in [5.41, 5.74) is 2.92. The molecule has 5 rings (SSSR count). The van der Waals surface area contributed by atoms with E-state index >= 15 is 0 Å². The van der Waals surface area contributed by atoms with Crippen LogP contribution >= 0.6 is 11.8 Å². The Morgan fingerprint density at radius 3 is 2.49 bits per heavy atom. The molecular weight excluding hydrogens is 460 g/mol. The van der Waals surface area contributed by atoms with Gasteiger partial charge in [-0.25, -0.2) is 9.97 Å². The number of H-pyrrole nitrogens is 1. The number of hydrogen-bond acceptors (Lipinski definition) is 8. The highest BCUT2D eigenvalue weighted by atomic mass is 32.2. The first-order valence-corrected chi connectivity index (χ1v) is 13.0. The van der Waals surface area contributed by atoms with Crippen LogP contribution < -0.4 is 15.5 Å². The van der Waals surface area contributed by atoms with E-state index in [9.17, 15) is 4.79 Å². The zero-order valence-electron chi connectivity index (χ0n) is 20.5. The average molecular weight is 493 g/mol. The van der Waals surface area contributed by atoms with Crippen molar-refractivity contribution >= 4 is 40.8 Å². The number of anilines is 4. The molecule has 3 N–H and O–H groups in total. The highest BCUT2D eigenvalue weighted by Crippen LogP contribution is 2.32. The van der Waals surface area contributed by atoms with E-state index < -0.39 is 0 Å². The third-order valence-electron chi connectivity index (χ3n) is 6.61. The number of amides is 1. The summed E-state index contributed by atoms with van der Waals surface area (Å²) >= 11 is 1.51. The molecule has 1 saturated heterocycles. The molecule has 2 aliphatic rings. The Morgan fingerprint density at radius 1 is 1.11 bits per heavy atom. The summed E-state index contributed by atoms with van der Waals surface area (Å²) < 4.78 is 0. The second-order valence-electron chi connectivity index (χ2n) is 9.15. The molecule has 1 aliphatic carbocycles. The van der Waals surface area contributed by atoms with Crippen molar-refractivity contribution in [1.29, 1.82) is 0 Å². The first-order valence-electron chi connectivity index (χ1n) is 12.2. The Labute approximate surface area is 210 Å². The average Bonchev–Trinajstić information content (AvgIpc) is 3.68. The summed E-state index contributed by atoms with van der Waals surface area (Å²) in [7, 11) is 0. The predicted molar refractivity (Wildman–Crippen MR) is 140 cm³/mol. The Hall–Kier alpha value is -3.11. The standard InChI is InChI=1S/C25H32N8OS/c1-4-32-11-13-33(14-12-32)22-15-21(27-23-16(2)17(3)30-31-23)28-25(29-22)35-20-9-7-19(8-10-20)26-24(34)18-5-6-18/h7-10,15,18H,4-6,11-14H2,1-3H3,(H,26,34)(H2,27,28,29,30,31). The second-order valence-corrected chi connectivity index (χ2v) is 10.2. The maximum absolute atomic E-state index is 12.0. The van der Waals surface area contributed by atoms with Gasteiger partial charge in [-0.05, 0) is 69.3 Å². The molecule has 3 heterocycles. The first-order chi connectivity index (χ1) is 17.0. The number of benzene rings is 1. The Kier molecular flexibility index (Phi) is 6.92. The zero-order valence-corrected chi connectivity index (χ0v) is 21.3. The van der Waals surface area contributed by atoms with Crippen LogP contribution in [0.25, 0.3) is 0 Å². The fourth-order valence-electron chi connectivity index (χ4n) is 4.01. The lowest BCUT2D eigenvalue weighted by Gasteiger charge is -2.34. The fourth-order valence-corrected chi connectivity index (χ4v) is 4.77. The van der Waals surface area contributed by atoms with E-state index in [0.29, 0.717) is 5.16 Å². The normalized spacial score (nSPS) is 16.4. The first kappa shape index (κ1) is 23.6. The van der Waals surface area contributed by atoms with Gasteiger partial charge in [0.05, 0.1) is 0 Å². The molecule has 2 fully saturated rings. The number of hydrogen-bond donors (Lipinski definition) is 3. The van der Waals surface area contributed by atoms with Crippen molar-refractivity contribution in [3.05, 3.63) is 41.6 Å². The van der Waals surface area contributed by atoms with Crippen LogP contribution in [0.15, 0.2) is 40.4 Å². The highest BCUT2D eigenvalue weighted by Gasteiger charge is 2.29. The van der Waals surface area contributed by atoms with E-state index in [4.69, 9.17) is 9.97 Å². The minimum absolute atomic E-state index is 0.115. The number of piperazine rings is 1. The Morgan fingerprint density at radius 2 is 1.86 bits per heavy atom. The van der Waals surface area contributed by atoms with Crippen LogP contribution in [0.5, 0.6) is 0 Å². The predicted octanol–water partition coefficient (Wildman–Crippen LogP) is 4.20. The molecule has 0 bridgehead atoms. The van der Waals surface area contributed by atoms with E-state index in [-0.39, 0.29) is 11.8 Å². The molecule has 1 saturated carbocycles. The van der Waals surface area contributed by atoms with Gasteiger partial charge in [0, 0.05) is 60.0 Å². The summed E-state index contributed by atoms with van der Waals surface area (Å²) in [5, 5.41) is 14.4. The smallest absolute Gasteiger partial charge is 0.227 e. The SMILES string of the molecule is CCN1CCN(c2cc(Nc3n[nH]c(C)c3C)nc(Sc3ccc(NC(=O)C4CC4)cc3)n2)CC1. The summed E-state index contributed by atoms with van der Waals surface area (Å²) in [6.07, 6.45) is 1.99. The van der Waals surface area contributed by atoms with E-state index in [0.717, 1.165) is 84.9 Å². The molecule has 1 aromatic carbocycles. The Balaban J connectivity index is 1.36. The maximum atomic E-state index is 12.0. The number of carbonyl (C=O) groups is 1. The zero-order chi connectivity index (χ0) is 24.4. The van der Waals surface area contributed by atoms with Crippen LogP contribution in [0.2, 0.25) is 0 Å². The van der Waals surface area contributed by atoms with Crippen molar-refractivity contribution in [2.24, 2.45) is 5.92 Å². The van der Waals surface area contributed by atoms with E-state index in [1.54, 1.807) is 0 Å². The summed E-state index contributed by atoms with van der Waals surface area (Å²) in [6, 6.07) is 9.87. The van der Waals surface area contributed by atoms with Gasteiger partial charge < -0.3 is 20.4 Å². The van der Waals surface area contributed by atoms with Crippen molar-refractivity contribution in [3.8, 4) is 0 Å². The topological polar surface area (TPSA) is 102 Å². The van der Waals surface area contributed by atoms with Crippen molar-refractivity contribution < 1.29 is 4.79 Å². The maximum Gasteiger partial charge on any atom is 0.227 e. The van der Waals surface area contributed by atoms with Crippen LogP contribution in [-0.2, 0) is 4.79 Å². The molecule has 2 aromatic heterocycles. The van der Waals surface area contributed by atoms with Gasteiger partial charge in [0.15, 0.2) is 11.0 Å². The number of nitrogens with zero attached hydrogens (tertiary/aromatic N) is 5. The molecule has 0 radical (unpaired) electrons. The van der Waals surface area contributed by atoms with Crippen LogP contribution in [-0.4, -0.2) is 63.7 Å².